The first-order chi connectivity index (χ1) is 12.3. The van der Waals surface area contributed by atoms with Crippen LogP contribution in [-0.4, -0.2) is 26.1 Å². The molecule has 0 aliphatic carbocycles. The molecule has 3 aromatic heterocycles. The van der Waals surface area contributed by atoms with Gasteiger partial charge in [0.25, 0.3) is 0 Å². The van der Waals surface area contributed by atoms with Crippen molar-refractivity contribution in [2.24, 2.45) is 0 Å². The highest BCUT2D eigenvalue weighted by Crippen LogP contribution is 2.33. The number of rotatable bonds is 4. The number of nitrogens with one attached hydrogen (secondary N) is 1. The Morgan fingerprint density at radius 1 is 1.00 bits per heavy atom. The molecule has 0 spiro atoms. The molecule has 25 heavy (non-hydrogen) atoms. The second-order valence-corrected chi connectivity index (χ2v) is 5.93. The molecule has 1 aromatic carbocycles. The Balaban J connectivity index is 1.98. The van der Waals surface area contributed by atoms with E-state index in [0.717, 1.165) is 40.5 Å². The van der Waals surface area contributed by atoms with Crippen molar-refractivity contribution in [3.8, 4) is 22.5 Å². The fraction of sp³-hybridized carbons (Fsp3) is 0.150. The summed E-state index contributed by atoms with van der Waals surface area (Å²) in [6, 6.07) is 16.3. The molecule has 0 saturated carbocycles. The number of fused-ring (bicyclic) bond motifs is 1. The van der Waals surface area contributed by atoms with Crippen LogP contribution >= 0.6 is 0 Å². The molecule has 0 amide bonds. The number of hydrogen-bond donors (Lipinski definition) is 1. The highest BCUT2D eigenvalue weighted by atomic mass is 15.3. The van der Waals surface area contributed by atoms with Crippen molar-refractivity contribution in [3.63, 3.8) is 0 Å². The smallest absolute Gasteiger partial charge is 0.154 e. The van der Waals surface area contributed by atoms with Crippen molar-refractivity contribution in [1.29, 1.82) is 0 Å². The zero-order chi connectivity index (χ0) is 17.2. The van der Waals surface area contributed by atoms with E-state index in [1.54, 1.807) is 6.20 Å². The lowest BCUT2D eigenvalue weighted by molar-refractivity contribution is 0.942. The zero-order valence-corrected chi connectivity index (χ0v) is 14.3. The predicted octanol–water partition coefficient (Wildman–Crippen LogP) is 4.20. The number of aromatic nitrogens is 4. The van der Waals surface area contributed by atoms with Gasteiger partial charge in [0.2, 0.25) is 0 Å². The lowest BCUT2D eigenvalue weighted by Gasteiger charge is -2.08. The number of aryl methyl sites for hydroxylation is 1. The minimum absolute atomic E-state index is 0.826. The van der Waals surface area contributed by atoms with Crippen molar-refractivity contribution < 1.29 is 0 Å². The molecule has 5 heteroatoms. The van der Waals surface area contributed by atoms with Crippen LogP contribution < -0.4 is 5.32 Å². The van der Waals surface area contributed by atoms with Gasteiger partial charge in [0.15, 0.2) is 5.65 Å². The second kappa shape index (κ2) is 6.36. The average Bonchev–Trinajstić information content (AvgIpc) is 3.02. The molecule has 124 valence electrons. The van der Waals surface area contributed by atoms with Gasteiger partial charge in [0, 0.05) is 30.1 Å². The predicted molar refractivity (Wildman–Crippen MR) is 101 cm³/mol. The number of imidazole rings is 1. The molecule has 0 saturated heterocycles. The fourth-order valence-electron chi connectivity index (χ4n) is 3.00. The molecule has 4 aromatic rings. The summed E-state index contributed by atoms with van der Waals surface area (Å²) >= 11 is 0. The fourth-order valence-corrected chi connectivity index (χ4v) is 3.00. The number of nitrogens with zero attached hydrogens (tertiary/aromatic N) is 4. The SMILES string of the molecule is CCNc1cc(-c2c(-c3cccc(C)c3)nc3cccnn23)ccn1. The van der Waals surface area contributed by atoms with Crippen molar-refractivity contribution in [3.05, 3.63) is 66.5 Å². The van der Waals surface area contributed by atoms with Crippen molar-refractivity contribution >= 4 is 11.5 Å². The first-order valence-corrected chi connectivity index (χ1v) is 8.37. The summed E-state index contributed by atoms with van der Waals surface area (Å²) in [5, 5.41) is 7.78. The summed E-state index contributed by atoms with van der Waals surface area (Å²) in [6.45, 7) is 4.97. The number of benzene rings is 1. The van der Waals surface area contributed by atoms with E-state index in [9.17, 15) is 0 Å². The molecular formula is C20H19N5. The molecule has 0 aliphatic heterocycles. The summed E-state index contributed by atoms with van der Waals surface area (Å²) in [5.41, 5.74) is 6.06. The van der Waals surface area contributed by atoms with Crippen LogP contribution in [0.3, 0.4) is 0 Å². The number of pyridine rings is 1. The van der Waals surface area contributed by atoms with Gasteiger partial charge < -0.3 is 5.32 Å². The van der Waals surface area contributed by atoms with E-state index < -0.39 is 0 Å². The molecule has 0 fully saturated rings. The molecule has 0 bridgehead atoms. The van der Waals surface area contributed by atoms with Gasteiger partial charge in [-0.1, -0.05) is 23.8 Å². The maximum absolute atomic E-state index is 4.84. The van der Waals surface area contributed by atoms with E-state index in [-0.39, 0.29) is 0 Å². The van der Waals surface area contributed by atoms with Gasteiger partial charge in [-0.15, -0.1) is 0 Å². The average molecular weight is 329 g/mol. The Morgan fingerprint density at radius 3 is 2.76 bits per heavy atom. The Bertz CT molecular complexity index is 1040. The van der Waals surface area contributed by atoms with E-state index in [1.165, 1.54) is 5.56 Å². The lowest BCUT2D eigenvalue weighted by atomic mass is 10.0. The van der Waals surface area contributed by atoms with E-state index >= 15 is 0 Å². The molecule has 4 rings (SSSR count). The quantitative estimate of drug-likeness (QED) is 0.610. The van der Waals surface area contributed by atoms with Crippen LogP contribution in [0.4, 0.5) is 5.82 Å². The van der Waals surface area contributed by atoms with Crippen LogP contribution in [0, 0.1) is 6.92 Å². The maximum atomic E-state index is 4.84. The summed E-state index contributed by atoms with van der Waals surface area (Å²) in [6.07, 6.45) is 3.60. The molecule has 5 nitrogen and oxygen atoms in total. The molecule has 0 aliphatic rings. The van der Waals surface area contributed by atoms with Crippen molar-refractivity contribution in [2.75, 3.05) is 11.9 Å². The van der Waals surface area contributed by atoms with Gasteiger partial charge >= 0.3 is 0 Å². The summed E-state index contributed by atoms with van der Waals surface area (Å²) < 4.78 is 1.89. The standard InChI is InChI=1S/C20H19N5/c1-3-21-17-13-16(9-11-22-17)20-19(15-7-4-6-14(2)12-15)24-18-8-5-10-23-25(18)20/h4-13H,3H2,1-2H3,(H,21,22). The first kappa shape index (κ1) is 15.3. The third-order valence-corrected chi connectivity index (χ3v) is 4.08. The van der Waals surface area contributed by atoms with Crippen LogP contribution in [0.15, 0.2) is 60.9 Å². The van der Waals surface area contributed by atoms with E-state index in [2.05, 4.69) is 53.5 Å². The third kappa shape index (κ3) is 2.85. The summed E-state index contributed by atoms with van der Waals surface area (Å²) in [5.74, 6) is 0.848. The van der Waals surface area contributed by atoms with E-state index in [0.29, 0.717) is 0 Å². The van der Waals surface area contributed by atoms with Crippen LogP contribution in [0.2, 0.25) is 0 Å². The maximum Gasteiger partial charge on any atom is 0.154 e. The van der Waals surface area contributed by atoms with Gasteiger partial charge in [0.1, 0.15) is 11.5 Å². The molecule has 1 N–H and O–H groups in total. The van der Waals surface area contributed by atoms with Gasteiger partial charge in [0.05, 0.1) is 5.69 Å². The minimum atomic E-state index is 0.826. The summed E-state index contributed by atoms with van der Waals surface area (Å²) in [4.78, 5) is 9.21. The molecule has 0 radical (unpaired) electrons. The van der Waals surface area contributed by atoms with Crippen molar-refractivity contribution in [1.82, 2.24) is 19.6 Å². The molecule has 0 unspecified atom stereocenters. The number of anilines is 1. The second-order valence-electron chi connectivity index (χ2n) is 5.93. The Labute approximate surface area is 146 Å². The van der Waals surface area contributed by atoms with Crippen LogP contribution in [0.1, 0.15) is 12.5 Å². The monoisotopic (exact) mass is 329 g/mol. The Hall–Kier alpha value is -3.21. The van der Waals surface area contributed by atoms with Gasteiger partial charge in [-0.3, -0.25) is 0 Å². The Kier molecular flexibility index (Phi) is 3.90. The Morgan fingerprint density at radius 2 is 1.92 bits per heavy atom. The van der Waals surface area contributed by atoms with Gasteiger partial charge in [-0.05, 0) is 44.2 Å². The highest BCUT2D eigenvalue weighted by molar-refractivity contribution is 5.82. The van der Waals surface area contributed by atoms with Crippen LogP contribution in [0.25, 0.3) is 28.2 Å². The molecular weight excluding hydrogens is 310 g/mol. The van der Waals surface area contributed by atoms with Gasteiger partial charge in [-0.2, -0.15) is 5.10 Å². The first-order valence-electron chi connectivity index (χ1n) is 8.37. The normalized spacial score (nSPS) is 11.0. The van der Waals surface area contributed by atoms with Crippen LogP contribution in [-0.2, 0) is 0 Å². The molecule has 0 atom stereocenters. The zero-order valence-electron chi connectivity index (χ0n) is 14.3. The number of hydrogen-bond acceptors (Lipinski definition) is 4. The topological polar surface area (TPSA) is 55.1 Å². The minimum Gasteiger partial charge on any atom is -0.370 e. The van der Waals surface area contributed by atoms with E-state index in [4.69, 9.17) is 4.98 Å². The molecule has 3 heterocycles. The van der Waals surface area contributed by atoms with Crippen LogP contribution in [0.5, 0.6) is 0 Å². The van der Waals surface area contributed by atoms with E-state index in [1.807, 2.05) is 35.0 Å². The summed E-state index contributed by atoms with van der Waals surface area (Å²) in [7, 11) is 0. The van der Waals surface area contributed by atoms with Gasteiger partial charge in [-0.25, -0.2) is 14.5 Å². The largest absolute Gasteiger partial charge is 0.370 e. The highest BCUT2D eigenvalue weighted by Gasteiger charge is 2.17. The lowest BCUT2D eigenvalue weighted by Crippen LogP contribution is -2.00. The van der Waals surface area contributed by atoms with Crippen molar-refractivity contribution in [2.45, 2.75) is 13.8 Å². The third-order valence-electron chi connectivity index (χ3n) is 4.08.